The average Bonchev–Trinajstić information content (AvgIpc) is 2.53. The molecular weight excluding hydrogens is 248 g/mol. The summed E-state index contributed by atoms with van der Waals surface area (Å²) in [5.41, 5.74) is 9.40. The molecule has 1 aromatic heterocycles. The zero-order valence-corrected chi connectivity index (χ0v) is 12.1. The second-order valence-electron chi connectivity index (χ2n) is 4.78. The monoisotopic (exact) mass is 270 g/mol. The third-order valence-corrected chi connectivity index (χ3v) is 3.26. The second-order valence-corrected chi connectivity index (χ2v) is 4.78. The zero-order chi connectivity index (χ0) is 14.4. The average molecular weight is 270 g/mol. The molecule has 0 radical (unpaired) electrons. The van der Waals surface area contributed by atoms with E-state index in [4.69, 9.17) is 5.73 Å². The molecule has 0 aliphatic rings. The Hall–Kier alpha value is -1.94. The Labute approximate surface area is 120 Å². The van der Waals surface area contributed by atoms with E-state index in [0.29, 0.717) is 12.5 Å². The summed E-state index contributed by atoms with van der Waals surface area (Å²) in [6.45, 7) is 4.82. The van der Waals surface area contributed by atoms with Crippen LogP contribution in [0.5, 0.6) is 0 Å². The lowest BCUT2D eigenvalue weighted by Gasteiger charge is -2.14. The van der Waals surface area contributed by atoms with Crippen molar-refractivity contribution in [1.29, 1.82) is 0 Å². The minimum Gasteiger partial charge on any atom is -0.352 e. The molecule has 0 spiro atoms. The van der Waals surface area contributed by atoms with Gasteiger partial charge in [0.15, 0.2) is 0 Å². The topological polar surface area (TPSA) is 63.8 Å². The van der Waals surface area contributed by atoms with Crippen LogP contribution in [0.1, 0.15) is 36.8 Å². The quantitative estimate of drug-likeness (QED) is 0.847. The Morgan fingerprint density at radius 2 is 1.65 bits per heavy atom. The molecule has 1 unspecified atom stereocenters. The molecule has 1 aromatic carbocycles. The SMILES string of the molecule is CCc1cc(CC)nc(NCC(N)c2ccccc2)n1. The summed E-state index contributed by atoms with van der Waals surface area (Å²) in [6.07, 6.45) is 1.82. The van der Waals surface area contributed by atoms with Crippen LogP contribution in [0.3, 0.4) is 0 Å². The largest absolute Gasteiger partial charge is 0.352 e. The van der Waals surface area contributed by atoms with Gasteiger partial charge in [-0.25, -0.2) is 9.97 Å². The fraction of sp³-hybridized carbons (Fsp3) is 0.375. The van der Waals surface area contributed by atoms with Gasteiger partial charge in [0.05, 0.1) is 0 Å². The number of hydrogen-bond donors (Lipinski definition) is 2. The number of hydrogen-bond acceptors (Lipinski definition) is 4. The van der Waals surface area contributed by atoms with E-state index in [1.165, 1.54) is 0 Å². The van der Waals surface area contributed by atoms with E-state index in [2.05, 4.69) is 35.2 Å². The first kappa shape index (κ1) is 14.5. The van der Waals surface area contributed by atoms with Crippen molar-refractivity contribution in [1.82, 2.24) is 9.97 Å². The van der Waals surface area contributed by atoms with Gasteiger partial charge in [-0.1, -0.05) is 44.2 Å². The molecule has 0 aliphatic carbocycles. The van der Waals surface area contributed by atoms with Crippen molar-refractivity contribution in [2.75, 3.05) is 11.9 Å². The van der Waals surface area contributed by atoms with Gasteiger partial charge in [0.25, 0.3) is 0 Å². The van der Waals surface area contributed by atoms with Crippen molar-refractivity contribution >= 4 is 5.95 Å². The molecule has 20 heavy (non-hydrogen) atoms. The lowest BCUT2D eigenvalue weighted by Crippen LogP contribution is -2.21. The molecule has 2 aromatic rings. The van der Waals surface area contributed by atoms with E-state index in [0.717, 1.165) is 29.8 Å². The highest BCUT2D eigenvalue weighted by molar-refractivity contribution is 5.30. The molecule has 106 valence electrons. The highest BCUT2D eigenvalue weighted by Gasteiger charge is 2.07. The maximum absolute atomic E-state index is 6.17. The van der Waals surface area contributed by atoms with Crippen LogP contribution in [0.25, 0.3) is 0 Å². The summed E-state index contributed by atoms with van der Waals surface area (Å²) in [5, 5.41) is 3.25. The molecule has 4 heteroatoms. The van der Waals surface area contributed by atoms with Gasteiger partial charge in [0.1, 0.15) is 0 Å². The summed E-state index contributed by atoms with van der Waals surface area (Å²) in [7, 11) is 0. The third-order valence-electron chi connectivity index (χ3n) is 3.26. The van der Waals surface area contributed by atoms with Gasteiger partial charge in [0, 0.05) is 24.0 Å². The number of nitrogens with two attached hydrogens (primary N) is 1. The molecule has 0 saturated carbocycles. The maximum Gasteiger partial charge on any atom is 0.223 e. The highest BCUT2D eigenvalue weighted by Crippen LogP contribution is 2.11. The van der Waals surface area contributed by atoms with Crippen molar-refractivity contribution in [3.05, 3.63) is 53.3 Å². The molecule has 0 amide bonds. The van der Waals surface area contributed by atoms with Crippen molar-refractivity contribution in [3.63, 3.8) is 0 Å². The minimum absolute atomic E-state index is 0.0600. The summed E-state index contributed by atoms with van der Waals surface area (Å²) in [5.74, 6) is 0.674. The lowest BCUT2D eigenvalue weighted by atomic mass is 10.1. The molecular formula is C16H22N4. The van der Waals surface area contributed by atoms with E-state index >= 15 is 0 Å². The predicted molar refractivity (Wildman–Crippen MR) is 82.6 cm³/mol. The lowest BCUT2D eigenvalue weighted by molar-refractivity contribution is 0.755. The third kappa shape index (κ3) is 3.78. The maximum atomic E-state index is 6.17. The zero-order valence-electron chi connectivity index (χ0n) is 12.1. The smallest absolute Gasteiger partial charge is 0.223 e. The molecule has 0 fully saturated rings. The fourth-order valence-corrected chi connectivity index (χ4v) is 2.01. The highest BCUT2D eigenvalue weighted by atomic mass is 15.1. The van der Waals surface area contributed by atoms with Crippen LogP contribution in [0.15, 0.2) is 36.4 Å². The number of aromatic nitrogens is 2. The number of benzene rings is 1. The van der Waals surface area contributed by atoms with E-state index in [1.807, 2.05) is 30.3 Å². The molecule has 3 N–H and O–H groups in total. The van der Waals surface area contributed by atoms with Gasteiger partial charge < -0.3 is 11.1 Å². The summed E-state index contributed by atoms with van der Waals surface area (Å²) in [6, 6.07) is 12.1. The van der Waals surface area contributed by atoms with Crippen molar-refractivity contribution in [2.45, 2.75) is 32.7 Å². The first-order valence-electron chi connectivity index (χ1n) is 7.14. The first-order chi connectivity index (χ1) is 9.72. The van der Waals surface area contributed by atoms with Gasteiger partial charge in [-0.05, 0) is 24.5 Å². The van der Waals surface area contributed by atoms with Crippen LogP contribution in [-0.2, 0) is 12.8 Å². The predicted octanol–water partition coefficient (Wildman–Crippen LogP) is 2.71. The van der Waals surface area contributed by atoms with Gasteiger partial charge >= 0.3 is 0 Å². The minimum atomic E-state index is -0.0600. The van der Waals surface area contributed by atoms with E-state index in [-0.39, 0.29) is 6.04 Å². The Morgan fingerprint density at radius 3 is 2.20 bits per heavy atom. The van der Waals surface area contributed by atoms with Gasteiger partial charge in [-0.3, -0.25) is 0 Å². The summed E-state index contributed by atoms with van der Waals surface area (Å²) in [4.78, 5) is 8.98. The number of nitrogens with zero attached hydrogens (tertiary/aromatic N) is 2. The number of anilines is 1. The Kier molecular flexibility index (Phi) is 5.07. The van der Waals surface area contributed by atoms with Crippen LogP contribution in [0, 0.1) is 0 Å². The first-order valence-corrected chi connectivity index (χ1v) is 7.14. The number of nitrogens with one attached hydrogen (secondary N) is 1. The Morgan fingerprint density at radius 1 is 1.05 bits per heavy atom. The molecule has 2 rings (SSSR count). The van der Waals surface area contributed by atoms with Crippen LogP contribution in [0.4, 0.5) is 5.95 Å². The number of aryl methyl sites for hydroxylation is 2. The second kappa shape index (κ2) is 7.01. The van der Waals surface area contributed by atoms with E-state index in [1.54, 1.807) is 0 Å². The molecule has 4 nitrogen and oxygen atoms in total. The fourth-order valence-electron chi connectivity index (χ4n) is 2.01. The summed E-state index contributed by atoms with van der Waals surface area (Å²) < 4.78 is 0. The van der Waals surface area contributed by atoms with Crippen molar-refractivity contribution in [2.24, 2.45) is 5.73 Å². The van der Waals surface area contributed by atoms with Crippen LogP contribution < -0.4 is 11.1 Å². The van der Waals surface area contributed by atoms with Gasteiger partial charge in [-0.2, -0.15) is 0 Å². The van der Waals surface area contributed by atoms with Crippen LogP contribution in [0.2, 0.25) is 0 Å². The Balaban J connectivity index is 2.03. The molecule has 1 heterocycles. The summed E-state index contributed by atoms with van der Waals surface area (Å²) >= 11 is 0. The normalized spacial score (nSPS) is 12.2. The van der Waals surface area contributed by atoms with Crippen molar-refractivity contribution < 1.29 is 0 Å². The molecule has 0 saturated heterocycles. The number of rotatable bonds is 6. The molecule has 0 aliphatic heterocycles. The van der Waals surface area contributed by atoms with Crippen LogP contribution in [-0.4, -0.2) is 16.5 Å². The standard InChI is InChI=1S/C16H22N4/c1-3-13-10-14(4-2)20-16(19-13)18-11-15(17)12-8-6-5-7-9-12/h5-10,15H,3-4,11,17H2,1-2H3,(H,18,19,20). The van der Waals surface area contributed by atoms with Crippen molar-refractivity contribution in [3.8, 4) is 0 Å². The molecule has 0 bridgehead atoms. The molecule has 1 atom stereocenters. The van der Waals surface area contributed by atoms with E-state index in [9.17, 15) is 0 Å². The Bertz CT molecular complexity index is 517. The van der Waals surface area contributed by atoms with Gasteiger partial charge in [-0.15, -0.1) is 0 Å². The van der Waals surface area contributed by atoms with Crippen LogP contribution >= 0.6 is 0 Å². The van der Waals surface area contributed by atoms with E-state index < -0.39 is 0 Å². The van der Waals surface area contributed by atoms with Gasteiger partial charge in [0.2, 0.25) is 5.95 Å².